The fourth-order valence-corrected chi connectivity index (χ4v) is 4.60. The molecule has 6 nitrogen and oxygen atoms in total. The molecule has 138 valence electrons. The van der Waals surface area contributed by atoms with Crippen molar-refractivity contribution < 1.29 is 9.53 Å². The normalized spacial score (nSPS) is 22.3. The van der Waals surface area contributed by atoms with Gasteiger partial charge in [0.2, 0.25) is 5.91 Å². The van der Waals surface area contributed by atoms with Gasteiger partial charge in [-0.25, -0.2) is 0 Å². The molecule has 2 aromatic rings. The third kappa shape index (κ3) is 3.46. The fraction of sp³-hybridized carbons (Fsp3) is 0.474. The number of hydrogen-bond acceptors (Lipinski definition) is 5. The molecule has 2 aliphatic heterocycles. The number of H-pyrrole nitrogens is 1. The van der Waals surface area contributed by atoms with Crippen LogP contribution >= 0.6 is 11.8 Å². The lowest BCUT2D eigenvalue weighted by Crippen LogP contribution is -2.30. The lowest BCUT2D eigenvalue weighted by atomic mass is 10.0. The van der Waals surface area contributed by atoms with Gasteiger partial charge in [-0.1, -0.05) is 19.1 Å². The van der Waals surface area contributed by atoms with E-state index in [-0.39, 0.29) is 17.9 Å². The van der Waals surface area contributed by atoms with Crippen molar-refractivity contribution in [2.75, 3.05) is 24.3 Å². The van der Waals surface area contributed by atoms with Crippen LogP contribution in [0.4, 0.5) is 5.69 Å². The molecule has 0 radical (unpaired) electrons. The maximum absolute atomic E-state index is 11.4. The van der Waals surface area contributed by atoms with E-state index in [0.717, 1.165) is 59.1 Å². The van der Waals surface area contributed by atoms with Gasteiger partial charge in [-0.15, -0.1) is 11.8 Å². The van der Waals surface area contributed by atoms with E-state index in [1.807, 2.05) is 6.92 Å². The van der Waals surface area contributed by atoms with Crippen LogP contribution in [0.3, 0.4) is 0 Å². The molecule has 0 aliphatic carbocycles. The standard InChI is InChI=1S/C19H24N4O2S/c1-11(18(20)24)16-10-26-19(23-16)15-9-12-3-2-4-14(17(12)22-15)21-13-5-7-25-8-6-13/h2-4,9,11,13,16,21-22H,5-8,10H2,1H3,(H2,20,24). The summed E-state index contributed by atoms with van der Waals surface area (Å²) in [4.78, 5) is 19.7. The number of nitrogens with one attached hydrogen (secondary N) is 2. The number of nitrogens with two attached hydrogens (primary N) is 1. The first-order chi connectivity index (χ1) is 12.6. The molecular weight excluding hydrogens is 348 g/mol. The van der Waals surface area contributed by atoms with Crippen LogP contribution in [0.5, 0.6) is 0 Å². The highest BCUT2D eigenvalue weighted by Crippen LogP contribution is 2.31. The number of ether oxygens (including phenoxy) is 1. The number of para-hydroxylation sites is 1. The molecule has 1 fully saturated rings. The summed E-state index contributed by atoms with van der Waals surface area (Å²) in [6.07, 6.45) is 2.05. The molecule has 4 rings (SSSR count). The van der Waals surface area contributed by atoms with Gasteiger partial charge in [-0.2, -0.15) is 0 Å². The zero-order chi connectivity index (χ0) is 18.1. The highest BCUT2D eigenvalue weighted by molar-refractivity contribution is 8.14. The minimum Gasteiger partial charge on any atom is -0.381 e. The zero-order valence-electron chi connectivity index (χ0n) is 14.8. The number of hydrogen-bond donors (Lipinski definition) is 3. The van der Waals surface area contributed by atoms with Gasteiger partial charge >= 0.3 is 0 Å². The maximum atomic E-state index is 11.4. The summed E-state index contributed by atoms with van der Waals surface area (Å²) < 4.78 is 5.44. The SMILES string of the molecule is CC(C(N)=O)C1CSC(c2cc3cccc(NC4CCOCC4)c3[nH]2)=N1. The molecule has 2 aliphatic rings. The number of anilines is 1. The van der Waals surface area contributed by atoms with Crippen LogP contribution in [0.1, 0.15) is 25.5 Å². The van der Waals surface area contributed by atoms with Gasteiger partial charge in [0, 0.05) is 30.4 Å². The average Bonchev–Trinajstić information content (AvgIpc) is 3.29. The number of aromatic amines is 1. The molecule has 4 N–H and O–H groups in total. The number of aromatic nitrogens is 1. The number of rotatable bonds is 5. The molecule has 2 atom stereocenters. The average molecular weight is 372 g/mol. The monoisotopic (exact) mass is 372 g/mol. The Morgan fingerprint density at radius 2 is 2.23 bits per heavy atom. The minimum absolute atomic E-state index is 0.0428. The van der Waals surface area contributed by atoms with Gasteiger partial charge in [0.25, 0.3) is 0 Å². The Kier molecular flexibility index (Phi) is 4.91. The van der Waals surface area contributed by atoms with E-state index in [4.69, 9.17) is 15.5 Å². The van der Waals surface area contributed by atoms with E-state index in [2.05, 4.69) is 34.6 Å². The number of nitrogens with zero attached hydrogens (tertiary/aromatic N) is 1. The lowest BCUT2D eigenvalue weighted by Gasteiger charge is -2.24. The Balaban J connectivity index is 1.59. The van der Waals surface area contributed by atoms with Crippen LogP contribution in [-0.2, 0) is 9.53 Å². The van der Waals surface area contributed by atoms with E-state index in [1.54, 1.807) is 11.8 Å². The Morgan fingerprint density at radius 1 is 1.42 bits per heavy atom. The van der Waals surface area contributed by atoms with E-state index < -0.39 is 0 Å². The molecule has 0 bridgehead atoms. The molecule has 1 saturated heterocycles. The molecule has 0 saturated carbocycles. The summed E-state index contributed by atoms with van der Waals surface area (Å²) in [5, 5.41) is 5.76. The summed E-state index contributed by atoms with van der Waals surface area (Å²) in [5.74, 6) is 0.262. The number of fused-ring (bicyclic) bond motifs is 1. The van der Waals surface area contributed by atoms with Crippen molar-refractivity contribution in [3.63, 3.8) is 0 Å². The number of aliphatic imine (C=N–C) groups is 1. The van der Waals surface area contributed by atoms with Crippen molar-refractivity contribution in [3.05, 3.63) is 30.0 Å². The number of benzene rings is 1. The van der Waals surface area contributed by atoms with Crippen LogP contribution in [0.25, 0.3) is 10.9 Å². The first kappa shape index (κ1) is 17.4. The Hall–Kier alpha value is -1.99. The van der Waals surface area contributed by atoms with Gasteiger partial charge in [0.1, 0.15) is 5.04 Å². The molecule has 7 heteroatoms. The second kappa shape index (κ2) is 7.32. The predicted octanol–water partition coefficient (Wildman–Crippen LogP) is 2.74. The largest absolute Gasteiger partial charge is 0.381 e. The summed E-state index contributed by atoms with van der Waals surface area (Å²) in [6.45, 7) is 3.48. The molecule has 0 spiro atoms. The van der Waals surface area contributed by atoms with E-state index in [9.17, 15) is 4.79 Å². The Bertz CT molecular complexity index is 841. The molecule has 1 aromatic carbocycles. The number of primary amides is 1. The first-order valence-electron chi connectivity index (χ1n) is 9.08. The van der Waals surface area contributed by atoms with E-state index in [1.165, 1.54) is 0 Å². The fourth-order valence-electron chi connectivity index (χ4n) is 3.44. The highest BCUT2D eigenvalue weighted by atomic mass is 32.2. The van der Waals surface area contributed by atoms with Crippen molar-refractivity contribution in [3.8, 4) is 0 Å². The Morgan fingerprint density at radius 3 is 3.00 bits per heavy atom. The second-order valence-electron chi connectivity index (χ2n) is 6.99. The number of thioether (sulfide) groups is 1. The second-order valence-corrected chi connectivity index (χ2v) is 8.00. The van der Waals surface area contributed by atoms with Crippen LogP contribution in [0.2, 0.25) is 0 Å². The van der Waals surface area contributed by atoms with Gasteiger partial charge in [-0.05, 0) is 25.0 Å². The van der Waals surface area contributed by atoms with Gasteiger partial charge < -0.3 is 20.8 Å². The van der Waals surface area contributed by atoms with Gasteiger partial charge in [0.15, 0.2) is 0 Å². The predicted molar refractivity (Wildman–Crippen MR) is 107 cm³/mol. The molecule has 3 heterocycles. The molecular formula is C19H24N4O2S. The van der Waals surface area contributed by atoms with Gasteiger partial charge in [0.05, 0.1) is 28.9 Å². The Labute approximate surface area is 157 Å². The van der Waals surface area contributed by atoms with Crippen molar-refractivity contribution in [1.82, 2.24) is 4.98 Å². The summed E-state index contributed by atoms with van der Waals surface area (Å²) in [7, 11) is 0. The van der Waals surface area contributed by atoms with E-state index in [0.29, 0.717) is 6.04 Å². The van der Waals surface area contributed by atoms with Crippen molar-refractivity contribution in [2.45, 2.75) is 31.8 Å². The third-order valence-corrected chi connectivity index (χ3v) is 6.27. The molecule has 1 aromatic heterocycles. The van der Waals surface area contributed by atoms with Crippen molar-refractivity contribution >= 4 is 39.3 Å². The third-order valence-electron chi connectivity index (χ3n) is 5.17. The topological polar surface area (TPSA) is 92.5 Å². The highest BCUT2D eigenvalue weighted by Gasteiger charge is 2.28. The van der Waals surface area contributed by atoms with Crippen molar-refractivity contribution in [2.24, 2.45) is 16.6 Å². The van der Waals surface area contributed by atoms with E-state index >= 15 is 0 Å². The van der Waals surface area contributed by atoms with Crippen LogP contribution in [0, 0.1) is 5.92 Å². The first-order valence-corrected chi connectivity index (χ1v) is 10.1. The summed E-state index contributed by atoms with van der Waals surface area (Å²) in [6, 6.07) is 8.82. The van der Waals surface area contributed by atoms with Crippen LogP contribution in [0.15, 0.2) is 29.3 Å². The zero-order valence-corrected chi connectivity index (χ0v) is 15.6. The molecule has 2 unspecified atom stereocenters. The lowest BCUT2D eigenvalue weighted by molar-refractivity contribution is -0.121. The smallest absolute Gasteiger partial charge is 0.222 e. The van der Waals surface area contributed by atoms with Crippen molar-refractivity contribution in [1.29, 1.82) is 0 Å². The van der Waals surface area contributed by atoms with Gasteiger partial charge in [-0.3, -0.25) is 9.79 Å². The molecule has 1 amide bonds. The van der Waals surface area contributed by atoms with Crippen LogP contribution < -0.4 is 11.1 Å². The summed E-state index contributed by atoms with van der Waals surface area (Å²) >= 11 is 1.68. The maximum Gasteiger partial charge on any atom is 0.222 e. The number of amides is 1. The van der Waals surface area contributed by atoms with Crippen LogP contribution in [-0.4, -0.2) is 47.0 Å². The number of carbonyl (C=O) groups is 1. The summed E-state index contributed by atoms with van der Waals surface area (Å²) in [5.41, 5.74) is 8.65. The minimum atomic E-state index is -0.291. The molecule has 26 heavy (non-hydrogen) atoms. The number of carbonyl (C=O) groups excluding carboxylic acids is 1. The quantitative estimate of drug-likeness (QED) is 0.752.